The van der Waals surface area contributed by atoms with Crippen LogP contribution in [0.4, 0.5) is 0 Å². The molecule has 0 N–H and O–H groups in total. The summed E-state index contributed by atoms with van der Waals surface area (Å²) in [5.74, 6) is 0.797. The number of aryl methyl sites for hydroxylation is 1. The smallest absolute Gasteiger partial charge is 0.0855 e. The van der Waals surface area contributed by atoms with Crippen LogP contribution in [0, 0.1) is 12.8 Å². The fourth-order valence-corrected chi connectivity index (χ4v) is 2.73. The molecule has 1 aliphatic carbocycles. The SMILES string of the molecule is Cc1ccc2c(c1)[C@H](C1CCC1)OCC2. The highest BCUT2D eigenvalue weighted by Gasteiger charge is 2.32. The predicted molar refractivity (Wildman–Crippen MR) is 60.9 cm³/mol. The Hall–Kier alpha value is -0.820. The Kier molecular flexibility index (Phi) is 2.28. The van der Waals surface area contributed by atoms with Crippen LogP contribution in [-0.2, 0) is 11.2 Å². The molecule has 0 amide bonds. The van der Waals surface area contributed by atoms with Crippen molar-refractivity contribution in [3.05, 3.63) is 34.9 Å². The molecule has 1 heterocycles. The van der Waals surface area contributed by atoms with Gasteiger partial charge in [-0.3, -0.25) is 0 Å². The van der Waals surface area contributed by atoms with Gasteiger partial charge in [0, 0.05) is 0 Å². The van der Waals surface area contributed by atoms with Crippen LogP contribution in [0.2, 0.25) is 0 Å². The lowest BCUT2D eigenvalue weighted by molar-refractivity contribution is -0.0241. The van der Waals surface area contributed by atoms with Gasteiger partial charge < -0.3 is 4.74 Å². The van der Waals surface area contributed by atoms with Gasteiger partial charge in [0.05, 0.1) is 12.7 Å². The van der Waals surface area contributed by atoms with Crippen molar-refractivity contribution < 1.29 is 4.74 Å². The van der Waals surface area contributed by atoms with Crippen LogP contribution in [0.5, 0.6) is 0 Å². The number of fused-ring (bicyclic) bond motifs is 1. The first-order valence-corrected chi connectivity index (χ1v) is 6.05. The van der Waals surface area contributed by atoms with E-state index < -0.39 is 0 Å². The van der Waals surface area contributed by atoms with E-state index in [9.17, 15) is 0 Å². The Morgan fingerprint density at radius 3 is 2.87 bits per heavy atom. The van der Waals surface area contributed by atoms with Crippen LogP contribution in [-0.4, -0.2) is 6.61 Å². The molecule has 1 fully saturated rings. The molecule has 1 saturated carbocycles. The van der Waals surface area contributed by atoms with Crippen molar-refractivity contribution in [2.75, 3.05) is 6.61 Å². The van der Waals surface area contributed by atoms with Crippen LogP contribution in [0.25, 0.3) is 0 Å². The van der Waals surface area contributed by atoms with Gasteiger partial charge in [-0.25, -0.2) is 0 Å². The molecule has 0 radical (unpaired) electrons. The molecular formula is C14H18O. The minimum atomic E-state index is 0.405. The number of rotatable bonds is 1. The van der Waals surface area contributed by atoms with Crippen LogP contribution in [0.15, 0.2) is 18.2 Å². The number of benzene rings is 1. The summed E-state index contributed by atoms with van der Waals surface area (Å²) < 4.78 is 5.96. The molecular weight excluding hydrogens is 184 g/mol. The van der Waals surface area contributed by atoms with Crippen molar-refractivity contribution in [3.8, 4) is 0 Å². The summed E-state index contributed by atoms with van der Waals surface area (Å²) in [6.07, 6.45) is 5.61. The van der Waals surface area contributed by atoms with Crippen LogP contribution in [0.3, 0.4) is 0 Å². The zero-order chi connectivity index (χ0) is 10.3. The number of ether oxygens (including phenoxy) is 1. The van der Waals surface area contributed by atoms with Gasteiger partial charge in [0.15, 0.2) is 0 Å². The lowest BCUT2D eigenvalue weighted by Crippen LogP contribution is -2.27. The average molecular weight is 202 g/mol. The molecule has 0 bridgehead atoms. The third kappa shape index (κ3) is 1.59. The van der Waals surface area contributed by atoms with E-state index in [-0.39, 0.29) is 0 Å². The third-order valence-corrected chi connectivity index (χ3v) is 3.85. The molecule has 1 aliphatic heterocycles. The first kappa shape index (κ1) is 9.41. The summed E-state index contributed by atoms with van der Waals surface area (Å²) in [6, 6.07) is 6.85. The van der Waals surface area contributed by atoms with Gasteiger partial charge in [0.25, 0.3) is 0 Å². The maximum absolute atomic E-state index is 5.96. The topological polar surface area (TPSA) is 9.23 Å². The molecule has 2 aliphatic rings. The summed E-state index contributed by atoms with van der Waals surface area (Å²) in [4.78, 5) is 0. The number of hydrogen-bond donors (Lipinski definition) is 0. The fourth-order valence-electron chi connectivity index (χ4n) is 2.73. The molecule has 1 atom stereocenters. The summed E-state index contributed by atoms with van der Waals surface area (Å²) in [7, 11) is 0. The van der Waals surface area contributed by atoms with Crippen molar-refractivity contribution >= 4 is 0 Å². The zero-order valence-corrected chi connectivity index (χ0v) is 9.33. The van der Waals surface area contributed by atoms with Gasteiger partial charge in [-0.15, -0.1) is 0 Å². The van der Waals surface area contributed by atoms with Gasteiger partial charge >= 0.3 is 0 Å². The fraction of sp³-hybridized carbons (Fsp3) is 0.571. The van der Waals surface area contributed by atoms with E-state index in [4.69, 9.17) is 4.74 Å². The Morgan fingerprint density at radius 1 is 1.27 bits per heavy atom. The minimum absolute atomic E-state index is 0.405. The van der Waals surface area contributed by atoms with Crippen molar-refractivity contribution in [2.45, 2.75) is 38.7 Å². The van der Waals surface area contributed by atoms with Gasteiger partial charge in [-0.2, -0.15) is 0 Å². The summed E-state index contributed by atoms with van der Waals surface area (Å²) in [5.41, 5.74) is 4.36. The standard InChI is InChI=1S/C14H18O/c1-10-5-6-11-7-8-15-14(13(11)9-10)12-3-2-4-12/h5-6,9,12,14H,2-4,7-8H2,1H3/t14-/m0/s1. The molecule has 1 aromatic rings. The maximum Gasteiger partial charge on any atom is 0.0855 e. The first-order chi connectivity index (χ1) is 7.34. The molecule has 0 unspecified atom stereocenters. The van der Waals surface area contributed by atoms with Crippen molar-refractivity contribution in [1.82, 2.24) is 0 Å². The largest absolute Gasteiger partial charge is 0.373 e. The van der Waals surface area contributed by atoms with E-state index in [1.54, 1.807) is 0 Å². The van der Waals surface area contributed by atoms with Crippen molar-refractivity contribution in [1.29, 1.82) is 0 Å². The Morgan fingerprint density at radius 2 is 2.13 bits per heavy atom. The second-order valence-electron chi connectivity index (χ2n) is 4.93. The highest BCUT2D eigenvalue weighted by atomic mass is 16.5. The van der Waals surface area contributed by atoms with Crippen LogP contribution >= 0.6 is 0 Å². The quantitative estimate of drug-likeness (QED) is 0.678. The lowest BCUT2D eigenvalue weighted by atomic mass is 9.76. The van der Waals surface area contributed by atoms with E-state index in [1.165, 1.54) is 36.0 Å². The predicted octanol–water partition coefficient (Wildman–Crippen LogP) is 3.41. The van der Waals surface area contributed by atoms with Gasteiger partial charge in [-0.05, 0) is 43.2 Å². The average Bonchev–Trinajstić information content (AvgIpc) is 2.16. The van der Waals surface area contributed by atoms with E-state index >= 15 is 0 Å². The molecule has 3 rings (SSSR count). The lowest BCUT2D eigenvalue weighted by Gasteiger charge is -2.37. The number of hydrogen-bond acceptors (Lipinski definition) is 1. The van der Waals surface area contributed by atoms with E-state index in [0.717, 1.165) is 18.9 Å². The van der Waals surface area contributed by atoms with Crippen LogP contribution < -0.4 is 0 Å². The van der Waals surface area contributed by atoms with Gasteiger partial charge in [0.2, 0.25) is 0 Å². The molecule has 1 aromatic carbocycles. The van der Waals surface area contributed by atoms with Crippen LogP contribution in [0.1, 0.15) is 42.1 Å². The van der Waals surface area contributed by atoms with Gasteiger partial charge in [-0.1, -0.05) is 30.2 Å². The molecule has 0 spiro atoms. The highest BCUT2D eigenvalue weighted by molar-refractivity contribution is 5.35. The summed E-state index contributed by atoms with van der Waals surface area (Å²) >= 11 is 0. The Balaban J connectivity index is 1.96. The second kappa shape index (κ2) is 3.64. The molecule has 0 aromatic heterocycles. The summed E-state index contributed by atoms with van der Waals surface area (Å²) in [5, 5.41) is 0. The molecule has 1 nitrogen and oxygen atoms in total. The molecule has 80 valence electrons. The molecule has 15 heavy (non-hydrogen) atoms. The Labute approximate surface area is 91.5 Å². The second-order valence-corrected chi connectivity index (χ2v) is 4.93. The van der Waals surface area contributed by atoms with Gasteiger partial charge in [0.1, 0.15) is 0 Å². The zero-order valence-electron chi connectivity index (χ0n) is 9.33. The summed E-state index contributed by atoms with van der Waals surface area (Å²) in [6.45, 7) is 3.09. The van der Waals surface area contributed by atoms with Crippen molar-refractivity contribution in [3.63, 3.8) is 0 Å². The maximum atomic E-state index is 5.96. The molecule has 0 saturated heterocycles. The third-order valence-electron chi connectivity index (χ3n) is 3.85. The van der Waals surface area contributed by atoms with E-state index in [1.807, 2.05) is 0 Å². The molecule has 1 heteroatoms. The van der Waals surface area contributed by atoms with E-state index in [2.05, 4.69) is 25.1 Å². The highest BCUT2D eigenvalue weighted by Crippen LogP contribution is 2.43. The van der Waals surface area contributed by atoms with Crippen molar-refractivity contribution in [2.24, 2.45) is 5.92 Å². The van der Waals surface area contributed by atoms with E-state index in [0.29, 0.717) is 6.10 Å². The Bertz CT molecular complexity index is 366. The minimum Gasteiger partial charge on any atom is -0.373 e. The monoisotopic (exact) mass is 202 g/mol. The first-order valence-electron chi connectivity index (χ1n) is 6.05. The normalized spacial score (nSPS) is 25.8.